The van der Waals surface area contributed by atoms with E-state index in [1.807, 2.05) is 13.1 Å². The third kappa shape index (κ3) is 3.37. The molecule has 3 aromatic rings. The Morgan fingerprint density at radius 2 is 2.04 bits per heavy atom. The fraction of sp³-hybridized carbons (Fsp3) is 0.294. The van der Waals surface area contributed by atoms with Gasteiger partial charge >= 0.3 is 0 Å². The van der Waals surface area contributed by atoms with E-state index in [2.05, 4.69) is 25.3 Å². The van der Waals surface area contributed by atoms with Gasteiger partial charge in [0.05, 0.1) is 24.1 Å². The first-order valence-electron chi connectivity index (χ1n) is 8.20. The summed E-state index contributed by atoms with van der Waals surface area (Å²) in [5, 5.41) is 8.26. The van der Waals surface area contributed by atoms with Gasteiger partial charge in [0.15, 0.2) is 0 Å². The largest absolute Gasteiger partial charge is 0.487 e. The summed E-state index contributed by atoms with van der Waals surface area (Å²) in [6.45, 7) is 3.31. The first kappa shape index (κ1) is 16.1. The van der Waals surface area contributed by atoms with Crippen LogP contribution in [0.5, 0.6) is 5.75 Å². The van der Waals surface area contributed by atoms with Gasteiger partial charge in [-0.05, 0) is 19.1 Å². The van der Waals surface area contributed by atoms with Gasteiger partial charge in [-0.2, -0.15) is 0 Å². The topological polar surface area (TPSA) is 98.9 Å². The lowest BCUT2D eigenvalue weighted by Crippen LogP contribution is -2.51. The van der Waals surface area contributed by atoms with E-state index in [1.165, 1.54) is 6.20 Å². The molecule has 1 amide bonds. The van der Waals surface area contributed by atoms with Gasteiger partial charge in [0.1, 0.15) is 23.7 Å². The standard InChI is InChI=1S/C17H17N7O2/c1-12-6-20-16(7-19-12)17(25)23-9-14(10-23)24-8-13(21-22-24)11-26-15-2-4-18-5-3-15/h2-8,14H,9-11H2,1H3. The van der Waals surface area contributed by atoms with E-state index >= 15 is 0 Å². The minimum atomic E-state index is -0.116. The molecule has 0 bridgehead atoms. The molecule has 0 unspecified atom stereocenters. The van der Waals surface area contributed by atoms with Crippen LogP contribution < -0.4 is 4.74 Å². The van der Waals surface area contributed by atoms with Crippen LogP contribution in [0.2, 0.25) is 0 Å². The van der Waals surface area contributed by atoms with Crippen molar-refractivity contribution in [2.24, 2.45) is 0 Å². The number of nitrogens with zero attached hydrogens (tertiary/aromatic N) is 7. The maximum Gasteiger partial charge on any atom is 0.274 e. The number of rotatable bonds is 5. The van der Waals surface area contributed by atoms with Crippen molar-refractivity contribution < 1.29 is 9.53 Å². The number of hydrogen-bond donors (Lipinski definition) is 0. The summed E-state index contributed by atoms with van der Waals surface area (Å²) in [4.78, 5) is 26.2. The van der Waals surface area contributed by atoms with Crippen molar-refractivity contribution in [2.75, 3.05) is 13.1 Å². The minimum Gasteiger partial charge on any atom is -0.487 e. The van der Waals surface area contributed by atoms with Gasteiger partial charge in [-0.1, -0.05) is 5.21 Å². The highest BCUT2D eigenvalue weighted by atomic mass is 16.5. The zero-order valence-corrected chi connectivity index (χ0v) is 14.2. The number of aromatic nitrogens is 6. The molecule has 0 spiro atoms. The van der Waals surface area contributed by atoms with Crippen molar-refractivity contribution >= 4 is 5.91 Å². The molecule has 0 aliphatic carbocycles. The Hall–Kier alpha value is -3.36. The number of aryl methyl sites for hydroxylation is 1. The highest BCUT2D eigenvalue weighted by Gasteiger charge is 2.34. The second kappa shape index (κ2) is 6.87. The SMILES string of the molecule is Cc1cnc(C(=O)N2CC(n3cc(COc4ccncc4)nn3)C2)cn1. The monoisotopic (exact) mass is 351 g/mol. The van der Waals surface area contributed by atoms with E-state index in [9.17, 15) is 4.79 Å². The molecule has 0 radical (unpaired) electrons. The second-order valence-electron chi connectivity index (χ2n) is 6.07. The quantitative estimate of drug-likeness (QED) is 0.677. The van der Waals surface area contributed by atoms with Gasteiger partial charge in [0.2, 0.25) is 0 Å². The lowest BCUT2D eigenvalue weighted by molar-refractivity contribution is 0.0492. The molecule has 0 N–H and O–H groups in total. The van der Waals surface area contributed by atoms with Crippen LogP contribution >= 0.6 is 0 Å². The van der Waals surface area contributed by atoms with Crippen LogP contribution in [0, 0.1) is 6.92 Å². The van der Waals surface area contributed by atoms with E-state index in [4.69, 9.17) is 4.74 Å². The molecule has 0 aromatic carbocycles. The molecular weight excluding hydrogens is 334 g/mol. The van der Waals surface area contributed by atoms with Crippen molar-refractivity contribution in [3.05, 3.63) is 60.2 Å². The molecule has 4 rings (SSSR count). The summed E-state index contributed by atoms with van der Waals surface area (Å²) in [5.41, 5.74) is 1.88. The molecule has 26 heavy (non-hydrogen) atoms. The van der Waals surface area contributed by atoms with Gasteiger partial charge in [0, 0.05) is 31.7 Å². The first-order valence-corrected chi connectivity index (χ1v) is 8.20. The smallest absolute Gasteiger partial charge is 0.274 e. The molecule has 4 heterocycles. The van der Waals surface area contributed by atoms with Crippen LogP contribution in [-0.4, -0.2) is 53.8 Å². The average Bonchev–Trinajstić information content (AvgIpc) is 3.08. The third-order valence-corrected chi connectivity index (χ3v) is 4.12. The Morgan fingerprint density at radius 3 is 2.77 bits per heavy atom. The zero-order chi connectivity index (χ0) is 17.9. The van der Waals surface area contributed by atoms with E-state index in [0.717, 1.165) is 17.1 Å². The van der Waals surface area contributed by atoms with E-state index in [0.29, 0.717) is 25.4 Å². The van der Waals surface area contributed by atoms with Crippen molar-refractivity contribution in [2.45, 2.75) is 19.6 Å². The van der Waals surface area contributed by atoms with Gasteiger partial charge in [-0.15, -0.1) is 5.10 Å². The highest BCUT2D eigenvalue weighted by molar-refractivity contribution is 5.92. The molecule has 1 saturated heterocycles. The highest BCUT2D eigenvalue weighted by Crippen LogP contribution is 2.22. The molecule has 0 atom stereocenters. The van der Waals surface area contributed by atoms with E-state index in [1.54, 1.807) is 40.3 Å². The summed E-state index contributed by atoms with van der Waals surface area (Å²) in [6, 6.07) is 3.68. The molecule has 132 valence electrons. The Morgan fingerprint density at radius 1 is 1.23 bits per heavy atom. The molecule has 1 aliphatic heterocycles. The summed E-state index contributed by atoms with van der Waals surface area (Å²) in [5.74, 6) is 0.615. The predicted octanol–water partition coefficient (Wildman–Crippen LogP) is 1.05. The third-order valence-electron chi connectivity index (χ3n) is 4.12. The zero-order valence-electron chi connectivity index (χ0n) is 14.2. The van der Waals surface area contributed by atoms with Crippen LogP contribution in [0.1, 0.15) is 27.9 Å². The Balaban J connectivity index is 1.31. The number of carbonyl (C=O) groups excluding carboxylic acids is 1. The molecular formula is C17H17N7O2. The van der Waals surface area contributed by atoms with Crippen LogP contribution in [0.4, 0.5) is 0 Å². The fourth-order valence-corrected chi connectivity index (χ4v) is 2.60. The molecule has 9 heteroatoms. The van der Waals surface area contributed by atoms with Crippen molar-refractivity contribution in [3.8, 4) is 5.75 Å². The number of ether oxygens (including phenoxy) is 1. The Bertz CT molecular complexity index is 889. The molecule has 1 fully saturated rings. The fourth-order valence-electron chi connectivity index (χ4n) is 2.60. The van der Waals surface area contributed by atoms with Crippen LogP contribution in [0.15, 0.2) is 43.1 Å². The van der Waals surface area contributed by atoms with E-state index in [-0.39, 0.29) is 11.9 Å². The molecule has 3 aromatic heterocycles. The number of likely N-dealkylation sites (tertiary alicyclic amines) is 1. The van der Waals surface area contributed by atoms with Crippen molar-refractivity contribution in [1.29, 1.82) is 0 Å². The second-order valence-corrected chi connectivity index (χ2v) is 6.07. The van der Waals surface area contributed by atoms with Crippen molar-refractivity contribution in [1.82, 2.24) is 34.8 Å². The van der Waals surface area contributed by atoms with Gasteiger partial charge in [-0.25, -0.2) is 9.67 Å². The predicted molar refractivity (Wildman–Crippen MR) is 90.3 cm³/mol. The number of carbonyl (C=O) groups is 1. The molecule has 0 saturated carbocycles. The van der Waals surface area contributed by atoms with Crippen LogP contribution in [0.25, 0.3) is 0 Å². The lowest BCUT2D eigenvalue weighted by atomic mass is 10.1. The number of hydrogen-bond acceptors (Lipinski definition) is 7. The van der Waals surface area contributed by atoms with E-state index < -0.39 is 0 Å². The summed E-state index contributed by atoms with van der Waals surface area (Å²) in [6.07, 6.45) is 8.29. The van der Waals surface area contributed by atoms with Crippen molar-refractivity contribution in [3.63, 3.8) is 0 Å². The van der Waals surface area contributed by atoms with Gasteiger partial charge in [-0.3, -0.25) is 14.8 Å². The average molecular weight is 351 g/mol. The normalized spacial score (nSPS) is 14.1. The number of pyridine rings is 1. The van der Waals surface area contributed by atoms with Gasteiger partial charge < -0.3 is 9.64 Å². The summed E-state index contributed by atoms with van der Waals surface area (Å²) >= 11 is 0. The lowest BCUT2D eigenvalue weighted by Gasteiger charge is -2.38. The van der Waals surface area contributed by atoms with Crippen LogP contribution in [0.3, 0.4) is 0 Å². The maximum atomic E-state index is 12.3. The Labute approximate surface area is 149 Å². The van der Waals surface area contributed by atoms with Gasteiger partial charge in [0.25, 0.3) is 5.91 Å². The summed E-state index contributed by atoms with van der Waals surface area (Å²) < 4.78 is 7.40. The minimum absolute atomic E-state index is 0.111. The molecule has 1 aliphatic rings. The first-order chi connectivity index (χ1) is 12.7. The number of amides is 1. The Kier molecular flexibility index (Phi) is 4.26. The van der Waals surface area contributed by atoms with Crippen LogP contribution in [-0.2, 0) is 6.61 Å². The molecule has 9 nitrogen and oxygen atoms in total. The maximum absolute atomic E-state index is 12.3. The summed E-state index contributed by atoms with van der Waals surface area (Å²) in [7, 11) is 0.